The number of carboxylic acids is 1. The van der Waals surface area contributed by atoms with E-state index in [9.17, 15) is 14.4 Å². The highest BCUT2D eigenvalue weighted by molar-refractivity contribution is 8.13. The zero-order valence-electron chi connectivity index (χ0n) is 11.4. The lowest BCUT2D eigenvalue weighted by atomic mass is 10.1. The van der Waals surface area contributed by atoms with Crippen molar-refractivity contribution in [3.63, 3.8) is 0 Å². The molecule has 1 aromatic rings. The van der Waals surface area contributed by atoms with Crippen molar-refractivity contribution < 1.29 is 24.2 Å². The lowest BCUT2D eigenvalue weighted by Crippen LogP contribution is -2.16. The lowest BCUT2D eigenvalue weighted by molar-refractivity contribution is 0.0526. The SMILES string of the molecule is CCOC(=O)c1cc(SC(=O)N(C)C)cc(C(=O)O)c1. The number of ether oxygens (including phenoxy) is 1. The van der Waals surface area contributed by atoms with Crippen molar-refractivity contribution in [3.8, 4) is 0 Å². The minimum atomic E-state index is -1.17. The Balaban J connectivity index is 3.14. The Bertz CT molecular complexity index is 542. The first-order valence-electron chi connectivity index (χ1n) is 5.79. The molecule has 0 bridgehead atoms. The van der Waals surface area contributed by atoms with Crippen LogP contribution in [0.4, 0.5) is 4.79 Å². The van der Waals surface area contributed by atoms with E-state index in [0.29, 0.717) is 4.90 Å². The van der Waals surface area contributed by atoms with Crippen LogP contribution in [0.25, 0.3) is 0 Å². The predicted molar refractivity (Wildman–Crippen MR) is 74.3 cm³/mol. The molecule has 0 heterocycles. The van der Waals surface area contributed by atoms with Crippen molar-refractivity contribution in [2.24, 2.45) is 0 Å². The van der Waals surface area contributed by atoms with Gasteiger partial charge in [0.05, 0.1) is 17.7 Å². The Kier molecular flexibility index (Phi) is 5.57. The summed E-state index contributed by atoms with van der Waals surface area (Å²) in [6.45, 7) is 1.85. The van der Waals surface area contributed by atoms with Gasteiger partial charge in [0, 0.05) is 19.0 Å². The van der Waals surface area contributed by atoms with Gasteiger partial charge >= 0.3 is 11.9 Å². The van der Waals surface area contributed by atoms with Crippen LogP contribution >= 0.6 is 11.8 Å². The Morgan fingerprint density at radius 1 is 1.20 bits per heavy atom. The number of hydrogen-bond acceptors (Lipinski definition) is 5. The van der Waals surface area contributed by atoms with Gasteiger partial charge in [-0.15, -0.1) is 0 Å². The first-order chi connectivity index (χ1) is 9.35. The summed E-state index contributed by atoms with van der Waals surface area (Å²) in [5.74, 6) is -1.79. The number of carboxylic acid groups (broad SMARTS) is 1. The third-order valence-electron chi connectivity index (χ3n) is 2.23. The molecule has 0 fully saturated rings. The fraction of sp³-hybridized carbons (Fsp3) is 0.308. The summed E-state index contributed by atoms with van der Waals surface area (Å²) >= 11 is 0.849. The van der Waals surface area contributed by atoms with Crippen LogP contribution in [-0.4, -0.2) is 47.9 Å². The molecule has 0 saturated heterocycles. The molecule has 0 radical (unpaired) electrons. The van der Waals surface area contributed by atoms with Gasteiger partial charge in [0.15, 0.2) is 0 Å². The fourth-order valence-corrected chi connectivity index (χ4v) is 2.06. The summed E-state index contributed by atoms with van der Waals surface area (Å²) in [7, 11) is 3.17. The number of carbonyl (C=O) groups excluding carboxylic acids is 2. The minimum Gasteiger partial charge on any atom is -0.478 e. The number of hydrogen-bond donors (Lipinski definition) is 1. The maximum absolute atomic E-state index is 11.7. The standard InChI is InChI=1S/C13H15NO5S/c1-4-19-12(17)9-5-8(11(15)16)6-10(7-9)20-13(18)14(2)3/h5-7H,4H2,1-3H3,(H,15,16). The van der Waals surface area contributed by atoms with Crippen molar-refractivity contribution in [1.82, 2.24) is 4.90 Å². The fourth-order valence-electron chi connectivity index (χ4n) is 1.31. The second kappa shape index (κ2) is 6.95. The predicted octanol–water partition coefficient (Wildman–Crippen LogP) is 2.34. The van der Waals surface area contributed by atoms with Gasteiger partial charge in [-0.25, -0.2) is 9.59 Å². The van der Waals surface area contributed by atoms with Gasteiger partial charge in [0.1, 0.15) is 0 Å². The number of esters is 1. The number of nitrogens with zero attached hydrogens (tertiary/aromatic N) is 1. The maximum atomic E-state index is 11.7. The Morgan fingerprint density at radius 3 is 2.30 bits per heavy atom. The largest absolute Gasteiger partial charge is 0.478 e. The van der Waals surface area contributed by atoms with Gasteiger partial charge in [0.25, 0.3) is 5.24 Å². The smallest absolute Gasteiger partial charge is 0.338 e. The van der Waals surface area contributed by atoms with Crippen LogP contribution in [0.5, 0.6) is 0 Å². The number of amides is 1. The average Bonchev–Trinajstić information content (AvgIpc) is 2.38. The second-order valence-electron chi connectivity index (χ2n) is 4.03. The number of thioether (sulfide) groups is 1. The number of rotatable bonds is 4. The molecule has 0 aliphatic carbocycles. The van der Waals surface area contributed by atoms with E-state index in [1.807, 2.05) is 0 Å². The first-order valence-corrected chi connectivity index (χ1v) is 6.61. The first kappa shape index (κ1) is 16.0. The van der Waals surface area contributed by atoms with E-state index in [4.69, 9.17) is 9.84 Å². The molecule has 20 heavy (non-hydrogen) atoms. The second-order valence-corrected chi connectivity index (χ2v) is 5.06. The quantitative estimate of drug-likeness (QED) is 0.678. The Morgan fingerprint density at radius 2 is 1.80 bits per heavy atom. The van der Waals surface area contributed by atoms with Gasteiger partial charge in [-0.2, -0.15) is 0 Å². The highest BCUT2D eigenvalue weighted by Gasteiger charge is 2.15. The maximum Gasteiger partial charge on any atom is 0.338 e. The molecule has 1 rings (SSSR count). The van der Waals surface area contributed by atoms with Crippen LogP contribution in [0, 0.1) is 0 Å². The van der Waals surface area contributed by atoms with Crippen molar-refractivity contribution in [1.29, 1.82) is 0 Å². The lowest BCUT2D eigenvalue weighted by Gasteiger charge is -2.10. The molecule has 1 N–H and O–H groups in total. The Hall–Kier alpha value is -2.02. The molecular formula is C13H15NO5S. The molecule has 0 aromatic heterocycles. The molecule has 108 valence electrons. The summed E-state index contributed by atoms with van der Waals surface area (Å²) in [5, 5.41) is 8.77. The third-order valence-corrected chi connectivity index (χ3v) is 3.25. The molecular weight excluding hydrogens is 282 g/mol. The van der Waals surface area contributed by atoms with Gasteiger partial charge in [0.2, 0.25) is 0 Å². The number of benzene rings is 1. The summed E-state index contributed by atoms with van der Waals surface area (Å²) in [6.07, 6.45) is 0. The topological polar surface area (TPSA) is 83.9 Å². The third kappa shape index (κ3) is 4.27. The van der Waals surface area contributed by atoms with Crippen LogP contribution in [0.1, 0.15) is 27.6 Å². The molecule has 7 heteroatoms. The summed E-state index contributed by atoms with van der Waals surface area (Å²) in [6, 6.07) is 4.01. The molecule has 0 spiro atoms. The molecule has 0 aliphatic heterocycles. The minimum absolute atomic E-state index is 0.0652. The number of aromatic carboxylic acids is 1. The van der Waals surface area contributed by atoms with Gasteiger partial charge in [-0.1, -0.05) is 0 Å². The van der Waals surface area contributed by atoms with E-state index >= 15 is 0 Å². The van der Waals surface area contributed by atoms with Crippen molar-refractivity contribution in [2.45, 2.75) is 11.8 Å². The Labute approximate surface area is 120 Å². The summed E-state index contributed by atoms with van der Waals surface area (Å²) in [5.41, 5.74) is 0.0467. The highest BCUT2D eigenvalue weighted by atomic mass is 32.2. The molecule has 0 atom stereocenters. The van der Waals surface area contributed by atoms with Gasteiger partial charge < -0.3 is 14.7 Å². The molecule has 0 unspecified atom stereocenters. The average molecular weight is 297 g/mol. The van der Waals surface area contributed by atoms with E-state index in [1.165, 1.54) is 23.1 Å². The summed E-state index contributed by atoms with van der Waals surface area (Å²) < 4.78 is 4.83. The van der Waals surface area contributed by atoms with Gasteiger partial charge in [-0.05, 0) is 36.9 Å². The normalized spacial score (nSPS) is 9.95. The van der Waals surface area contributed by atoms with E-state index in [2.05, 4.69) is 0 Å². The van der Waals surface area contributed by atoms with E-state index in [0.717, 1.165) is 11.8 Å². The van der Waals surface area contributed by atoms with Crippen LogP contribution in [0.15, 0.2) is 23.1 Å². The van der Waals surface area contributed by atoms with Crippen LogP contribution in [-0.2, 0) is 4.74 Å². The molecule has 1 amide bonds. The zero-order valence-corrected chi connectivity index (χ0v) is 12.2. The van der Waals surface area contributed by atoms with E-state index < -0.39 is 11.9 Å². The van der Waals surface area contributed by atoms with Crippen molar-refractivity contribution in [2.75, 3.05) is 20.7 Å². The van der Waals surface area contributed by atoms with Crippen molar-refractivity contribution >= 4 is 28.9 Å². The number of carbonyl (C=O) groups is 3. The van der Waals surface area contributed by atoms with Crippen LogP contribution in [0.3, 0.4) is 0 Å². The van der Waals surface area contributed by atoms with Crippen molar-refractivity contribution in [3.05, 3.63) is 29.3 Å². The molecule has 0 aliphatic rings. The zero-order chi connectivity index (χ0) is 15.3. The van der Waals surface area contributed by atoms with Crippen LogP contribution < -0.4 is 0 Å². The van der Waals surface area contributed by atoms with E-state index in [1.54, 1.807) is 21.0 Å². The van der Waals surface area contributed by atoms with Gasteiger partial charge in [-0.3, -0.25) is 4.79 Å². The van der Waals surface area contributed by atoms with E-state index in [-0.39, 0.29) is 23.0 Å². The molecule has 6 nitrogen and oxygen atoms in total. The molecule has 1 aromatic carbocycles. The monoisotopic (exact) mass is 297 g/mol. The van der Waals surface area contributed by atoms with Crippen LogP contribution in [0.2, 0.25) is 0 Å². The molecule has 0 saturated carbocycles. The highest BCUT2D eigenvalue weighted by Crippen LogP contribution is 2.24. The summed E-state index contributed by atoms with van der Waals surface area (Å²) in [4.78, 5) is 36.1.